The van der Waals surface area contributed by atoms with Crippen molar-refractivity contribution in [2.45, 2.75) is 58.1 Å². The normalized spacial score (nSPS) is 16.8. The molecule has 1 aliphatic heterocycles. The van der Waals surface area contributed by atoms with Crippen LogP contribution in [0.2, 0.25) is 0 Å². The van der Waals surface area contributed by atoms with Crippen LogP contribution in [-0.4, -0.2) is 34.0 Å². The van der Waals surface area contributed by atoms with Crippen LogP contribution in [0, 0.1) is 0 Å². The van der Waals surface area contributed by atoms with Gasteiger partial charge < -0.3 is 14.7 Å². The summed E-state index contributed by atoms with van der Waals surface area (Å²) in [4.78, 5) is 26.2. The first kappa shape index (κ1) is 26.0. The van der Waals surface area contributed by atoms with Gasteiger partial charge in [-0.25, -0.2) is 0 Å². The fourth-order valence-corrected chi connectivity index (χ4v) is 5.16. The van der Waals surface area contributed by atoms with Crippen LogP contribution in [0.25, 0.3) is 0 Å². The van der Waals surface area contributed by atoms with Gasteiger partial charge in [0.2, 0.25) is 0 Å². The Morgan fingerprint density at radius 2 is 1.75 bits per heavy atom. The summed E-state index contributed by atoms with van der Waals surface area (Å²) in [6.07, 6.45) is 1.43. The van der Waals surface area contributed by atoms with Crippen LogP contribution < -0.4 is 4.74 Å². The number of ether oxygens (including phenoxy) is 1. The maximum absolute atomic E-state index is 13.3. The molecule has 1 heterocycles. The van der Waals surface area contributed by atoms with Crippen LogP contribution >= 0.6 is 15.9 Å². The summed E-state index contributed by atoms with van der Waals surface area (Å²) in [7, 11) is 0. The first-order valence-corrected chi connectivity index (χ1v) is 12.9. The van der Waals surface area contributed by atoms with Crippen LogP contribution in [-0.2, 0) is 29.6 Å². The fourth-order valence-electron chi connectivity index (χ4n) is 4.71. The van der Waals surface area contributed by atoms with Crippen molar-refractivity contribution in [1.82, 2.24) is 4.90 Å². The summed E-state index contributed by atoms with van der Waals surface area (Å²) in [6, 6.07) is 21.6. The van der Waals surface area contributed by atoms with E-state index in [2.05, 4.69) is 67.9 Å². The van der Waals surface area contributed by atoms with Crippen molar-refractivity contribution in [1.29, 1.82) is 0 Å². The van der Waals surface area contributed by atoms with Gasteiger partial charge in [-0.1, -0.05) is 73.1 Å². The SMILES string of the molecule is CC(C)(C)c1ccc(C[C@@]2(C)Cc3cc(C(=O)N(CC(=O)O)Cc4cccc(Br)c4)ccc3O2)cc1. The second-order valence-corrected chi connectivity index (χ2v) is 11.8. The van der Waals surface area contributed by atoms with Gasteiger partial charge in [-0.3, -0.25) is 9.59 Å². The van der Waals surface area contributed by atoms with Crippen molar-refractivity contribution in [2.75, 3.05) is 6.54 Å². The Labute approximate surface area is 221 Å². The van der Waals surface area contributed by atoms with Gasteiger partial charge >= 0.3 is 5.97 Å². The van der Waals surface area contributed by atoms with Gasteiger partial charge in [-0.15, -0.1) is 0 Å². The van der Waals surface area contributed by atoms with E-state index in [1.165, 1.54) is 16.0 Å². The zero-order chi connectivity index (χ0) is 26.1. The zero-order valence-electron chi connectivity index (χ0n) is 21.2. The van der Waals surface area contributed by atoms with Crippen molar-refractivity contribution in [3.8, 4) is 5.75 Å². The van der Waals surface area contributed by atoms with E-state index in [1.807, 2.05) is 36.4 Å². The molecule has 1 aliphatic rings. The predicted molar refractivity (Wildman–Crippen MR) is 145 cm³/mol. The van der Waals surface area contributed by atoms with E-state index in [1.54, 1.807) is 6.07 Å². The average Bonchev–Trinajstić information content (AvgIpc) is 3.12. The van der Waals surface area contributed by atoms with E-state index in [9.17, 15) is 14.7 Å². The number of aliphatic carboxylic acids is 1. The molecule has 4 rings (SSSR count). The number of nitrogens with zero attached hydrogens (tertiary/aromatic N) is 1. The highest BCUT2D eigenvalue weighted by Gasteiger charge is 2.35. The number of fused-ring (bicyclic) bond motifs is 1. The monoisotopic (exact) mass is 549 g/mol. The molecule has 0 unspecified atom stereocenters. The Morgan fingerprint density at radius 1 is 1.03 bits per heavy atom. The fraction of sp³-hybridized carbons (Fsp3) is 0.333. The van der Waals surface area contributed by atoms with E-state index < -0.39 is 11.6 Å². The molecule has 6 heteroatoms. The Balaban J connectivity index is 1.50. The highest BCUT2D eigenvalue weighted by Crippen LogP contribution is 2.38. The molecule has 0 radical (unpaired) electrons. The predicted octanol–water partition coefficient (Wildman–Crippen LogP) is 6.41. The number of hydrogen-bond acceptors (Lipinski definition) is 3. The summed E-state index contributed by atoms with van der Waals surface area (Å²) in [5.41, 5.74) is 4.48. The number of carboxylic acids is 1. The van der Waals surface area contributed by atoms with Crippen LogP contribution in [0.15, 0.2) is 71.2 Å². The Bertz CT molecular complexity index is 1280. The quantitative estimate of drug-likeness (QED) is 0.369. The number of hydrogen-bond donors (Lipinski definition) is 1. The molecule has 1 atom stereocenters. The van der Waals surface area contributed by atoms with Crippen LogP contribution in [0.5, 0.6) is 5.75 Å². The standard InChI is InChI=1S/C30H32BrNO4/c1-29(2,3)24-11-8-20(9-12-24)16-30(4)17-23-15-22(10-13-26(23)36-30)28(35)32(19-27(33)34)18-21-6-5-7-25(31)14-21/h5-15H,16-19H2,1-4H3,(H,33,34)/t30-/m0/s1. The lowest BCUT2D eigenvalue weighted by Gasteiger charge is -2.25. The molecular weight excluding hydrogens is 518 g/mol. The number of carboxylic acid groups (broad SMARTS) is 1. The molecule has 3 aromatic carbocycles. The number of benzene rings is 3. The molecule has 188 valence electrons. The van der Waals surface area contributed by atoms with Crippen molar-refractivity contribution in [2.24, 2.45) is 0 Å². The summed E-state index contributed by atoms with van der Waals surface area (Å²) in [5.74, 6) is -0.587. The minimum atomic E-state index is -1.05. The number of rotatable bonds is 7. The molecule has 1 N–H and O–H groups in total. The van der Waals surface area contributed by atoms with E-state index >= 15 is 0 Å². The first-order valence-electron chi connectivity index (χ1n) is 12.1. The third-order valence-corrected chi connectivity index (χ3v) is 7.00. The second kappa shape index (κ2) is 10.1. The molecule has 0 saturated heterocycles. The van der Waals surface area contributed by atoms with Gasteiger partial charge in [0.15, 0.2) is 0 Å². The molecule has 0 fully saturated rings. The number of amides is 1. The highest BCUT2D eigenvalue weighted by atomic mass is 79.9. The summed E-state index contributed by atoms with van der Waals surface area (Å²) in [6.45, 7) is 8.54. The van der Waals surface area contributed by atoms with E-state index in [0.29, 0.717) is 12.0 Å². The van der Waals surface area contributed by atoms with Gasteiger partial charge in [0.05, 0.1) is 0 Å². The second-order valence-electron chi connectivity index (χ2n) is 10.9. The lowest BCUT2D eigenvalue weighted by atomic mass is 9.85. The first-order chi connectivity index (χ1) is 16.9. The van der Waals surface area contributed by atoms with Gasteiger partial charge in [0.1, 0.15) is 17.9 Å². The van der Waals surface area contributed by atoms with Gasteiger partial charge in [0, 0.05) is 29.4 Å². The third-order valence-electron chi connectivity index (χ3n) is 6.50. The number of halogens is 1. The third kappa shape index (κ3) is 6.16. The molecule has 0 aliphatic carbocycles. The molecule has 0 saturated carbocycles. The van der Waals surface area contributed by atoms with E-state index in [-0.39, 0.29) is 24.4 Å². The Hall–Kier alpha value is -3.12. The largest absolute Gasteiger partial charge is 0.487 e. The van der Waals surface area contributed by atoms with Gasteiger partial charge in [-0.05, 0) is 64.9 Å². The summed E-state index contributed by atoms with van der Waals surface area (Å²) < 4.78 is 7.22. The maximum atomic E-state index is 13.3. The summed E-state index contributed by atoms with van der Waals surface area (Å²) in [5, 5.41) is 9.41. The lowest BCUT2D eigenvalue weighted by molar-refractivity contribution is -0.137. The molecule has 1 amide bonds. The Kier molecular flexibility index (Phi) is 7.28. The van der Waals surface area contributed by atoms with Crippen molar-refractivity contribution >= 4 is 27.8 Å². The zero-order valence-corrected chi connectivity index (χ0v) is 22.8. The lowest BCUT2D eigenvalue weighted by Crippen LogP contribution is -2.35. The van der Waals surface area contributed by atoms with Crippen LogP contribution in [0.4, 0.5) is 0 Å². The summed E-state index contributed by atoms with van der Waals surface area (Å²) >= 11 is 3.43. The Morgan fingerprint density at radius 3 is 2.39 bits per heavy atom. The topological polar surface area (TPSA) is 66.8 Å². The van der Waals surface area contributed by atoms with Crippen LogP contribution in [0.3, 0.4) is 0 Å². The maximum Gasteiger partial charge on any atom is 0.323 e. The molecule has 0 bridgehead atoms. The molecule has 0 aromatic heterocycles. The minimum Gasteiger partial charge on any atom is -0.487 e. The number of carbonyl (C=O) groups excluding carboxylic acids is 1. The average molecular weight is 550 g/mol. The van der Waals surface area contributed by atoms with Gasteiger partial charge in [-0.2, -0.15) is 0 Å². The van der Waals surface area contributed by atoms with Crippen LogP contribution in [0.1, 0.15) is 60.3 Å². The molecular formula is C30H32BrNO4. The van der Waals surface area contributed by atoms with E-state index in [4.69, 9.17) is 4.74 Å². The van der Waals surface area contributed by atoms with E-state index in [0.717, 1.165) is 27.8 Å². The molecule has 3 aromatic rings. The van der Waals surface area contributed by atoms with Crippen molar-refractivity contribution in [3.63, 3.8) is 0 Å². The van der Waals surface area contributed by atoms with Crippen molar-refractivity contribution < 1.29 is 19.4 Å². The van der Waals surface area contributed by atoms with Crippen molar-refractivity contribution in [3.05, 3.63) is 99.0 Å². The molecule has 0 spiro atoms. The molecule has 36 heavy (non-hydrogen) atoms. The molecule has 5 nitrogen and oxygen atoms in total. The number of carbonyl (C=O) groups is 2. The highest BCUT2D eigenvalue weighted by molar-refractivity contribution is 9.10. The smallest absolute Gasteiger partial charge is 0.323 e. The minimum absolute atomic E-state index is 0.108. The van der Waals surface area contributed by atoms with Gasteiger partial charge in [0.25, 0.3) is 5.91 Å².